The van der Waals surface area contributed by atoms with Crippen LogP contribution in [0.5, 0.6) is 0 Å². The van der Waals surface area contributed by atoms with Crippen molar-refractivity contribution in [3.8, 4) is 0 Å². The van der Waals surface area contributed by atoms with Gasteiger partial charge in [-0.25, -0.2) is 0 Å². The number of carbonyl (C=O) groups excluding carboxylic acids is 2. The highest BCUT2D eigenvalue weighted by Gasteiger charge is 2.21. The van der Waals surface area contributed by atoms with Gasteiger partial charge in [-0.05, 0) is 24.3 Å². The molecule has 92 valence electrons. The van der Waals surface area contributed by atoms with Gasteiger partial charge < -0.3 is 9.88 Å². The van der Waals surface area contributed by atoms with Crippen molar-refractivity contribution in [2.24, 2.45) is 0 Å². The molecule has 1 aromatic carbocycles. The minimum Gasteiger partial charge on any atom is -0.361 e. The summed E-state index contributed by atoms with van der Waals surface area (Å²) in [7, 11) is 0. The molecule has 1 aliphatic rings. The van der Waals surface area contributed by atoms with E-state index >= 15 is 0 Å². The maximum Gasteiger partial charge on any atom is 0.253 e. The predicted molar refractivity (Wildman–Crippen MR) is 68.4 cm³/mol. The van der Waals surface area contributed by atoms with Crippen molar-refractivity contribution in [1.29, 1.82) is 0 Å². The lowest BCUT2D eigenvalue weighted by Crippen LogP contribution is -2.38. The van der Waals surface area contributed by atoms with Gasteiger partial charge in [0.15, 0.2) is 0 Å². The van der Waals surface area contributed by atoms with Crippen molar-refractivity contribution in [2.45, 2.75) is 12.8 Å². The number of ketones is 1. The molecule has 0 radical (unpaired) electrons. The number of fused-ring (bicyclic) bond motifs is 1. The van der Waals surface area contributed by atoms with E-state index in [0.29, 0.717) is 31.5 Å². The molecular formula is C14H14N2O2. The summed E-state index contributed by atoms with van der Waals surface area (Å²) < 4.78 is 0. The molecule has 1 aliphatic heterocycles. The first kappa shape index (κ1) is 11.0. The minimum absolute atomic E-state index is 0.0191. The van der Waals surface area contributed by atoms with Gasteiger partial charge in [0.2, 0.25) is 0 Å². The van der Waals surface area contributed by atoms with E-state index in [0.717, 1.165) is 10.9 Å². The summed E-state index contributed by atoms with van der Waals surface area (Å²) in [5.41, 5.74) is 1.72. The van der Waals surface area contributed by atoms with E-state index in [2.05, 4.69) is 4.98 Å². The van der Waals surface area contributed by atoms with E-state index in [4.69, 9.17) is 0 Å². The number of hydrogen-bond donors (Lipinski definition) is 1. The van der Waals surface area contributed by atoms with Crippen molar-refractivity contribution in [3.63, 3.8) is 0 Å². The Hall–Kier alpha value is -2.10. The summed E-state index contributed by atoms with van der Waals surface area (Å²) in [6.45, 7) is 1.09. The van der Waals surface area contributed by atoms with Gasteiger partial charge in [-0.1, -0.05) is 0 Å². The Morgan fingerprint density at radius 3 is 2.72 bits per heavy atom. The van der Waals surface area contributed by atoms with Crippen LogP contribution in [0.25, 0.3) is 10.9 Å². The molecule has 4 heteroatoms. The van der Waals surface area contributed by atoms with E-state index in [1.165, 1.54) is 0 Å². The van der Waals surface area contributed by atoms with E-state index in [1.807, 2.05) is 30.5 Å². The molecule has 4 nitrogen and oxygen atoms in total. The smallest absolute Gasteiger partial charge is 0.253 e. The number of likely N-dealkylation sites (tertiary alicyclic amines) is 1. The highest BCUT2D eigenvalue weighted by molar-refractivity contribution is 5.98. The first-order chi connectivity index (χ1) is 8.74. The van der Waals surface area contributed by atoms with Crippen molar-refractivity contribution < 1.29 is 9.59 Å². The van der Waals surface area contributed by atoms with Crippen molar-refractivity contribution in [1.82, 2.24) is 9.88 Å². The topological polar surface area (TPSA) is 53.2 Å². The summed E-state index contributed by atoms with van der Waals surface area (Å²) in [6.07, 6.45) is 2.83. The van der Waals surface area contributed by atoms with Crippen LogP contribution in [0.3, 0.4) is 0 Å². The Balaban J connectivity index is 1.84. The molecule has 1 amide bonds. The summed E-state index contributed by atoms with van der Waals surface area (Å²) >= 11 is 0. The van der Waals surface area contributed by atoms with E-state index in [9.17, 15) is 9.59 Å². The minimum atomic E-state index is 0.0191. The van der Waals surface area contributed by atoms with Crippen LogP contribution in [0.2, 0.25) is 0 Å². The van der Waals surface area contributed by atoms with Crippen molar-refractivity contribution in [2.75, 3.05) is 13.1 Å². The Kier molecular flexibility index (Phi) is 2.63. The second-order valence-corrected chi connectivity index (χ2v) is 4.61. The Morgan fingerprint density at radius 2 is 1.94 bits per heavy atom. The van der Waals surface area contributed by atoms with Gasteiger partial charge in [0.05, 0.1) is 0 Å². The van der Waals surface area contributed by atoms with Gasteiger partial charge in [-0.3, -0.25) is 9.59 Å². The molecule has 0 saturated carbocycles. The quantitative estimate of drug-likeness (QED) is 0.831. The average Bonchev–Trinajstić information content (AvgIpc) is 2.86. The normalized spacial score (nSPS) is 16.2. The molecule has 0 atom stereocenters. The van der Waals surface area contributed by atoms with E-state index in [-0.39, 0.29) is 11.7 Å². The van der Waals surface area contributed by atoms with Gasteiger partial charge >= 0.3 is 0 Å². The van der Waals surface area contributed by atoms with Crippen LogP contribution in [0, 0.1) is 0 Å². The van der Waals surface area contributed by atoms with Gasteiger partial charge in [0.1, 0.15) is 5.78 Å². The molecule has 2 aromatic rings. The maximum atomic E-state index is 12.3. The molecule has 18 heavy (non-hydrogen) atoms. The third-order valence-electron chi connectivity index (χ3n) is 3.41. The molecule has 1 fully saturated rings. The lowest BCUT2D eigenvalue weighted by molar-refractivity contribution is -0.120. The van der Waals surface area contributed by atoms with Crippen LogP contribution >= 0.6 is 0 Å². The second kappa shape index (κ2) is 4.29. The predicted octanol–water partition coefficient (Wildman–Crippen LogP) is 1.97. The van der Waals surface area contributed by atoms with Gasteiger partial charge in [0.25, 0.3) is 5.91 Å². The Morgan fingerprint density at radius 1 is 1.17 bits per heavy atom. The molecular weight excluding hydrogens is 228 g/mol. The molecule has 0 unspecified atom stereocenters. The van der Waals surface area contributed by atoms with Gasteiger partial charge in [0, 0.05) is 48.6 Å². The number of amides is 1. The first-order valence-electron chi connectivity index (χ1n) is 6.12. The molecule has 0 spiro atoms. The molecule has 0 bridgehead atoms. The van der Waals surface area contributed by atoms with Crippen LogP contribution in [-0.2, 0) is 4.79 Å². The third kappa shape index (κ3) is 1.90. The fourth-order valence-electron chi connectivity index (χ4n) is 2.33. The van der Waals surface area contributed by atoms with E-state index in [1.54, 1.807) is 4.90 Å². The molecule has 1 saturated heterocycles. The molecule has 1 aromatic heterocycles. The highest BCUT2D eigenvalue weighted by atomic mass is 16.2. The largest absolute Gasteiger partial charge is 0.361 e. The Bertz CT molecular complexity index is 605. The molecule has 3 rings (SSSR count). The number of H-pyrrole nitrogens is 1. The highest BCUT2D eigenvalue weighted by Crippen LogP contribution is 2.17. The number of hydrogen-bond acceptors (Lipinski definition) is 2. The fourth-order valence-corrected chi connectivity index (χ4v) is 2.33. The zero-order chi connectivity index (χ0) is 12.5. The third-order valence-corrected chi connectivity index (χ3v) is 3.41. The van der Waals surface area contributed by atoms with Gasteiger partial charge in [-0.2, -0.15) is 0 Å². The number of benzene rings is 1. The zero-order valence-electron chi connectivity index (χ0n) is 9.98. The number of Topliss-reactive ketones (excluding diaryl/α,β-unsaturated/α-hetero) is 1. The number of nitrogens with one attached hydrogen (secondary N) is 1. The zero-order valence-corrected chi connectivity index (χ0v) is 9.98. The monoisotopic (exact) mass is 242 g/mol. The molecule has 0 aliphatic carbocycles. The molecule has 1 N–H and O–H groups in total. The Labute approximate surface area is 105 Å². The summed E-state index contributed by atoms with van der Waals surface area (Å²) in [5.74, 6) is 0.269. The number of rotatable bonds is 1. The summed E-state index contributed by atoms with van der Waals surface area (Å²) in [5, 5.41) is 1.04. The van der Waals surface area contributed by atoms with Crippen LogP contribution in [0.4, 0.5) is 0 Å². The van der Waals surface area contributed by atoms with Crippen LogP contribution in [0.15, 0.2) is 30.5 Å². The number of carbonyl (C=O) groups is 2. The van der Waals surface area contributed by atoms with Crippen molar-refractivity contribution in [3.05, 3.63) is 36.0 Å². The number of nitrogens with zero attached hydrogens (tertiary/aromatic N) is 1. The van der Waals surface area contributed by atoms with Crippen molar-refractivity contribution >= 4 is 22.6 Å². The lowest BCUT2D eigenvalue weighted by Gasteiger charge is -2.26. The van der Waals surface area contributed by atoms with Gasteiger partial charge in [-0.15, -0.1) is 0 Å². The average molecular weight is 242 g/mol. The van der Waals surface area contributed by atoms with Crippen LogP contribution < -0.4 is 0 Å². The maximum absolute atomic E-state index is 12.3. The fraction of sp³-hybridized carbons (Fsp3) is 0.286. The standard InChI is InChI=1S/C14H14N2O2/c17-12-4-7-16(8-5-12)14(18)11-1-2-13-10(9-11)3-6-15-13/h1-3,6,9,15H,4-5,7-8H2. The number of aromatic nitrogens is 1. The summed E-state index contributed by atoms with van der Waals surface area (Å²) in [6, 6.07) is 7.59. The number of aromatic amines is 1. The van der Waals surface area contributed by atoms with Crippen LogP contribution in [0.1, 0.15) is 23.2 Å². The molecule has 2 heterocycles. The van der Waals surface area contributed by atoms with E-state index < -0.39 is 0 Å². The van der Waals surface area contributed by atoms with Crippen LogP contribution in [-0.4, -0.2) is 34.7 Å². The summed E-state index contributed by atoms with van der Waals surface area (Å²) in [4.78, 5) is 28.3. The lowest BCUT2D eigenvalue weighted by atomic mass is 10.1. The first-order valence-corrected chi connectivity index (χ1v) is 6.12. The second-order valence-electron chi connectivity index (χ2n) is 4.61. The number of piperidine rings is 1. The SMILES string of the molecule is O=C1CCN(C(=O)c2ccc3[nH]ccc3c2)CC1.